The number of nitrogens with one attached hydrogen (secondary N) is 2. The lowest BCUT2D eigenvalue weighted by Gasteiger charge is -2.44. The van der Waals surface area contributed by atoms with Gasteiger partial charge in [0.05, 0.1) is 36.9 Å². The highest BCUT2D eigenvalue weighted by atomic mass is 16.6. The maximum atomic E-state index is 12.2. The molecule has 3 saturated heterocycles. The number of para-hydroxylation sites is 1. The number of anilines is 2. The van der Waals surface area contributed by atoms with E-state index in [0.29, 0.717) is 44.1 Å². The molecule has 2 unspecified atom stereocenters. The molecule has 2 aromatic heterocycles. The first kappa shape index (κ1) is 38.5. The molecule has 1 aromatic carbocycles. The van der Waals surface area contributed by atoms with E-state index in [0.717, 1.165) is 68.2 Å². The first-order valence-corrected chi connectivity index (χ1v) is 18.7. The Hall–Kier alpha value is -5.27. The average Bonchev–Trinajstić information content (AvgIpc) is 3.40. The predicted octanol–water partition coefficient (Wildman–Crippen LogP) is 4.46. The summed E-state index contributed by atoms with van der Waals surface area (Å²) < 4.78 is 11.4. The molecule has 2 bridgehead atoms. The van der Waals surface area contributed by atoms with Gasteiger partial charge in [-0.1, -0.05) is 24.3 Å². The number of likely N-dealkylation sites (tertiary alicyclic amines) is 1. The molecule has 0 aliphatic carbocycles. The Morgan fingerprint density at radius 1 is 1.02 bits per heavy atom. The number of ether oxygens (including phenoxy) is 2. The Balaban J connectivity index is 0.942. The van der Waals surface area contributed by atoms with Crippen LogP contribution in [0.3, 0.4) is 0 Å². The third kappa shape index (κ3) is 10.0. The van der Waals surface area contributed by atoms with Gasteiger partial charge in [0, 0.05) is 75.0 Å². The number of carbonyl (C=O) groups is 1. The average molecular weight is 736 g/mol. The lowest BCUT2D eigenvalue weighted by molar-refractivity contribution is -0.156. The van der Waals surface area contributed by atoms with E-state index in [1.54, 1.807) is 30.3 Å². The zero-order valence-electron chi connectivity index (χ0n) is 31.6. The largest absolute Gasteiger partial charge is 0.507 e. The van der Waals surface area contributed by atoms with Gasteiger partial charge in [0.25, 0.3) is 0 Å². The molecule has 3 aromatic rings. The number of rotatable bonds is 14. The number of fused-ring (bicyclic) bond motifs is 2. The van der Waals surface area contributed by atoms with Crippen molar-refractivity contribution in [1.29, 1.82) is 10.8 Å². The number of esters is 1. The maximum absolute atomic E-state index is 12.2. The van der Waals surface area contributed by atoms with Crippen LogP contribution in [0.25, 0.3) is 6.08 Å². The molecular formula is C41H53N9O4. The molecule has 13 nitrogen and oxygen atoms in total. The van der Waals surface area contributed by atoms with E-state index in [4.69, 9.17) is 31.0 Å². The number of piperazine rings is 2. The summed E-state index contributed by atoms with van der Waals surface area (Å²) in [7, 11) is 0. The summed E-state index contributed by atoms with van der Waals surface area (Å²) in [5.74, 6) is 0.708. The predicted molar refractivity (Wildman–Crippen MR) is 212 cm³/mol. The van der Waals surface area contributed by atoms with Crippen LogP contribution < -0.4 is 15.5 Å². The van der Waals surface area contributed by atoms with E-state index in [1.807, 2.05) is 45.3 Å². The fourth-order valence-corrected chi connectivity index (χ4v) is 7.42. The van der Waals surface area contributed by atoms with Gasteiger partial charge in [-0.2, -0.15) is 0 Å². The third-order valence-corrected chi connectivity index (χ3v) is 9.95. The van der Waals surface area contributed by atoms with Crippen LogP contribution >= 0.6 is 0 Å². The first-order valence-electron chi connectivity index (χ1n) is 18.7. The Labute approximate surface area is 318 Å². The molecule has 6 rings (SSSR count). The SMILES string of the molecule is CC(C)(C)OC(=O)CN1CCN(c2ccc(CCOC/C=C/c3cc(N4C5CCC4CN(/C(=C/C(=N)c4ccccc4O)C(=N)N)C5)ccn3)cn2)CC1. The number of aromatic hydroxyl groups is 1. The Morgan fingerprint density at radius 2 is 1.76 bits per heavy atom. The van der Waals surface area contributed by atoms with Crippen LogP contribution in [-0.4, -0.2) is 119 Å². The summed E-state index contributed by atoms with van der Waals surface area (Å²) in [5.41, 5.74) is 9.70. The second-order valence-corrected chi connectivity index (χ2v) is 15.1. The number of benzene rings is 1. The molecule has 5 heterocycles. The maximum Gasteiger partial charge on any atom is 0.320 e. The highest BCUT2D eigenvalue weighted by Crippen LogP contribution is 2.36. The molecular weight excluding hydrogens is 683 g/mol. The second kappa shape index (κ2) is 17.3. The topological polar surface area (TPSA) is 168 Å². The number of allylic oxidation sites excluding steroid dienone is 1. The normalized spacial score (nSPS) is 19.4. The summed E-state index contributed by atoms with van der Waals surface area (Å²) in [6, 6.07) is 15.5. The molecule has 54 heavy (non-hydrogen) atoms. The van der Waals surface area contributed by atoms with Crippen molar-refractivity contribution in [2.45, 2.75) is 57.7 Å². The number of carbonyl (C=O) groups excluding carboxylic acids is 1. The molecule has 0 saturated carbocycles. The Morgan fingerprint density at radius 3 is 2.43 bits per heavy atom. The van der Waals surface area contributed by atoms with Crippen molar-refractivity contribution in [2.24, 2.45) is 5.73 Å². The van der Waals surface area contributed by atoms with Crippen molar-refractivity contribution in [3.8, 4) is 5.75 Å². The van der Waals surface area contributed by atoms with E-state index >= 15 is 0 Å². The van der Waals surface area contributed by atoms with Crippen molar-refractivity contribution in [1.82, 2.24) is 19.8 Å². The lowest BCUT2D eigenvalue weighted by atomic mass is 10.1. The summed E-state index contributed by atoms with van der Waals surface area (Å²) in [6.07, 6.45) is 12.2. The van der Waals surface area contributed by atoms with Crippen LogP contribution in [-0.2, 0) is 20.7 Å². The molecule has 0 radical (unpaired) electrons. The van der Waals surface area contributed by atoms with Crippen molar-refractivity contribution in [3.63, 3.8) is 0 Å². The molecule has 5 N–H and O–H groups in total. The van der Waals surface area contributed by atoms with E-state index < -0.39 is 5.60 Å². The van der Waals surface area contributed by atoms with Crippen LogP contribution in [0, 0.1) is 10.8 Å². The summed E-state index contributed by atoms with van der Waals surface area (Å²) in [5, 5.41) is 27.1. The smallest absolute Gasteiger partial charge is 0.320 e. The van der Waals surface area contributed by atoms with Gasteiger partial charge in [0.15, 0.2) is 0 Å². The molecule has 286 valence electrons. The Bertz CT molecular complexity index is 1830. The molecule has 13 heteroatoms. The van der Waals surface area contributed by atoms with Gasteiger partial charge in [-0.25, -0.2) is 4.98 Å². The summed E-state index contributed by atoms with van der Waals surface area (Å²) >= 11 is 0. The number of pyridine rings is 2. The number of hydrogen-bond acceptors (Lipinski definition) is 12. The zero-order valence-corrected chi connectivity index (χ0v) is 31.6. The standard InChI is InChI=1S/C41H53N9O4/c1-41(2,3)54-39(52)28-47-17-19-48(20-18-47)38-13-10-29(25-46-38)15-22-53-21-6-7-30-23-31(14-16-45-30)50-32-11-12-33(50)27-49(26-32)36(40(43)44)24-35(42)34-8-4-5-9-37(34)51/h4-10,13-14,16,23-25,32-33,42,51H,11-12,15,17-22,26-28H2,1-3H3,(H3,43,44)/b7-6+,36-24+,42-35?. The summed E-state index contributed by atoms with van der Waals surface area (Å²) in [4.78, 5) is 30.4. The van der Waals surface area contributed by atoms with Gasteiger partial charge >= 0.3 is 5.97 Å². The van der Waals surface area contributed by atoms with Gasteiger partial charge in [-0.3, -0.25) is 20.1 Å². The van der Waals surface area contributed by atoms with Crippen LogP contribution in [0.1, 0.15) is 50.4 Å². The molecule has 3 aliphatic heterocycles. The van der Waals surface area contributed by atoms with Crippen LogP contribution in [0.2, 0.25) is 0 Å². The van der Waals surface area contributed by atoms with Crippen molar-refractivity contribution >= 4 is 35.1 Å². The van der Waals surface area contributed by atoms with Gasteiger partial charge < -0.3 is 40.4 Å². The lowest BCUT2D eigenvalue weighted by Crippen LogP contribution is -2.54. The number of phenols is 1. The minimum atomic E-state index is -0.467. The molecule has 2 atom stereocenters. The van der Waals surface area contributed by atoms with Crippen molar-refractivity contribution < 1.29 is 19.4 Å². The highest BCUT2D eigenvalue weighted by molar-refractivity contribution is 6.12. The second-order valence-electron chi connectivity index (χ2n) is 15.1. The first-order chi connectivity index (χ1) is 25.9. The van der Waals surface area contributed by atoms with Crippen molar-refractivity contribution in [2.75, 3.05) is 68.8 Å². The van der Waals surface area contributed by atoms with E-state index in [1.165, 1.54) is 0 Å². The fraction of sp³-hybridized carbons (Fsp3) is 0.439. The number of aromatic nitrogens is 2. The van der Waals surface area contributed by atoms with E-state index in [-0.39, 0.29) is 35.3 Å². The zero-order chi connectivity index (χ0) is 38.2. The Kier molecular flexibility index (Phi) is 12.3. The molecule has 0 amide bonds. The minimum Gasteiger partial charge on any atom is -0.507 e. The van der Waals surface area contributed by atoms with Gasteiger partial charge in [-0.15, -0.1) is 0 Å². The van der Waals surface area contributed by atoms with Gasteiger partial charge in [0.2, 0.25) is 0 Å². The molecule has 3 aliphatic rings. The third-order valence-electron chi connectivity index (χ3n) is 9.95. The summed E-state index contributed by atoms with van der Waals surface area (Å²) in [6.45, 7) is 11.6. The van der Waals surface area contributed by atoms with Crippen LogP contribution in [0.4, 0.5) is 11.5 Å². The molecule has 3 fully saturated rings. The monoisotopic (exact) mass is 735 g/mol. The van der Waals surface area contributed by atoms with E-state index in [9.17, 15) is 9.90 Å². The fourth-order valence-electron chi connectivity index (χ4n) is 7.42. The van der Waals surface area contributed by atoms with Gasteiger partial charge in [-0.05, 0) is 88.1 Å². The van der Waals surface area contributed by atoms with Gasteiger partial charge in [0.1, 0.15) is 23.0 Å². The number of nitrogens with two attached hydrogens (primary N) is 1. The minimum absolute atomic E-state index is 0.0292. The van der Waals surface area contributed by atoms with E-state index in [2.05, 4.69) is 48.8 Å². The highest BCUT2D eigenvalue weighted by Gasteiger charge is 2.41. The van der Waals surface area contributed by atoms with Crippen molar-refractivity contribution in [3.05, 3.63) is 95.6 Å². The van der Waals surface area contributed by atoms with Crippen LogP contribution in [0.5, 0.6) is 5.75 Å². The quantitative estimate of drug-likeness (QED) is 0.0799. The number of hydrogen-bond donors (Lipinski definition) is 4. The number of phenolic OH excluding ortho intramolecular Hbond substituents is 1. The number of amidine groups is 1. The number of nitrogens with zero attached hydrogens (tertiary/aromatic N) is 6. The van der Waals surface area contributed by atoms with Crippen LogP contribution in [0.15, 0.2) is 78.8 Å². The molecule has 0 spiro atoms.